The Kier molecular flexibility index (Phi) is 5.48. The van der Waals surface area contributed by atoms with Crippen molar-refractivity contribution in [3.63, 3.8) is 0 Å². The van der Waals surface area contributed by atoms with E-state index >= 15 is 0 Å². The van der Waals surface area contributed by atoms with E-state index in [9.17, 15) is 4.79 Å². The summed E-state index contributed by atoms with van der Waals surface area (Å²) in [6, 6.07) is 0. The third-order valence-electron chi connectivity index (χ3n) is 3.78. The molecule has 6 heteroatoms. The fraction of sp³-hybridized carbons (Fsp3) is 0.714. The number of amides is 1. The zero-order valence-electron chi connectivity index (χ0n) is 12.4. The van der Waals surface area contributed by atoms with E-state index in [2.05, 4.69) is 10.5 Å². The van der Waals surface area contributed by atoms with Crippen LogP contribution in [0, 0.1) is 19.8 Å². The molecule has 112 valence electrons. The fourth-order valence-electron chi connectivity index (χ4n) is 2.55. The lowest BCUT2D eigenvalue weighted by Gasteiger charge is -2.16. The molecule has 1 N–H and O–H groups in total. The molecule has 2 heterocycles. The fourth-order valence-corrected chi connectivity index (χ4v) is 3.63. The summed E-state index contributed by atoms with van der Waals surface area (Å²) >= 11 is 1.64. The lowest BCUT2D eigenvalue weighted by molar-refractivity contribution is -0.127. The molecule has 0 aromatic carbocycles. The summed E-state index contributed by atoms with van der Waals surface area (Å²) in [5, 5.41) is 7.11. The molecule has 1 aromatic heterocycles. The van der Waals surface area contributed by atoms with Crippen LogP contribution in [-0.4, -0.2) is 48.4 Å². The Hall–Kier alpha value is -1.01. The van der Waals surface area contributed by atoms with Crippen molar-refractivity contribution in [1.82, 2.24) is 15.4 Å². The Morgan fingerprint density at radius 1 is 1.55 bits per heavy atom. The van der Waals surface area contributed by atoms with Crippen molar-refractivity contribution in [3.8, 4) is 0 Å². The molecule has 1 amide bonds. The number of aryl methyl sites for hydroxylation is 2. The quantitative estimate of drug-likeness (QED) is 0.864. The SMILES string of the molecule is CNCC1CCN(C(=O)CSCc2c(C)noc2C)C1. The minimum absolute atomic E-state index is 0.250. The Morgan fingerprint density at radius 2 is 2.35 bits per heavy atom. The molecule has 1 aromatic rings. The lowest BCUT2D eigenvalue weighted by atomic mass is 10.1. The number of rotatable bonds is 6. The molecule has 1 fully saturated rings. The van der Waals surface area contributed by atoms with Crippen molar-refractivity contribution in [2.75, 3.05) is 32.4 Å². The van der Waals surface area contributed by atoms with Crippen LogP contribution in [0.4, 0.5) is 0 Å². The summed E-state index contributed by atoms with van der Waals surface area (Å²) in [6.45, 7) is 6.65. The summed E-state index contributed by atoms with van der Waals surface area (Å²) in [6.07, 6.45) is 1.11. The minimum Gasteiger partial charge on any atom is -0.361 e. The largest absolute Gasteiger partial charge is 0.361 e. The van der Waals surface area contributed by atoms with E-state index < -0.39 is 0 Å². The second kappa shape index (κ2) is 7.13. The monoisotopic (exact) mass is 297 g/mol. The topological polar surface area (TPSA) is 58.4 Å². The molecular formula is C14H23N3O2S. The summed E-state index contributed by atoms with van der Waals surface area (Å²) in [5.41, 5.74) is 2.05. The number of nitrogens with one attached hydrogen (secondary N) is 1. The highest BCUT2D eigenvalue weighted by Gasteiger charge is 2.25. The molecule has 1 aliphatic rings. The first kappa shape index (κ1) is 15.4. The van der Waals surface area contributed by atoms with Crippen molar-refractivity contribution in [3.05, 3.63) is 17.0 Å². The van der Waals surface area contributed by atoms with E-state index in [0.29, 0.717) is 11.7 Å². The van der Waals surface area contributed by atoms with Gasteiger partial charge in [0.15, 0.2) is 0 Å². The third kappa shape index (κ3) is 3.76. The molecule has 0 saturated carbocycles. The Bertz CT molecular complexity index is 442. The van der Waals surface area contributed by atoms with Gasteiger partial charge in [-0.15, -0.1) is 11.8 Å². The molecule has 0 spiro atoms. The third-order valence-corrected chi connectivity index (χ3v) is 4.73. The predicted octanol–water partition coefficient (Wildman–Crippen LogP) is 1.59. The van der Waals surface area contributed by atoms with Crippen LogP contribution >= 0.6 is 11.8 Å². The average Bonchev–Trinajstić information content (AvgIpc) is 3.00. The summed E-state index contributed by atoms with van der Waals surface area (Å²) in [7, 11) is 1.96. The van der Waals surface area contributed by atoms with Gasteiger partial charge in [0.2, 0.25) is 5.91 Å². The highest BCUT2D eigenvalue weighted by atomic mass is 32.2. The van der Waals surface area contributed by atoms with Crippen molar-refractivity contribution in [2.24, 2.45) is 5.92 Å². The first-order valence-corrected chi connectivity index (χ1v) is 8.19. The van der Waals surface area contributed by atoms with Gasteiger partial charge in [0.25, 0.3) is 0 Å². The molecule has 0 bridgehead atoms. The van der Waals surface area contributed by atoms with Gasteiger partial charge < -0.3 is 14.7 Å². The number of likely N-dealkylation sites (tertiary alicyclic amines) is 1. The maximum atomic E-state index is 12.1. The van der Waals surface area contributed by atoms with Crippen molar-refractivity contribution >= 4 is 17.7 Å². The second-order valence-corrected chi connectivity index (χ2v) is 6.33. The number of thioether (sulfide) groups is 1. The van der Waals surface area contributed by atoms with Crippen LogP contribution in [0.5, 0.6) is 0 Å². The van der Waals surface area contributed by atoms with Crippen LogP contribution in [0.15, 0.2) is 4.52 Å². The van der Waals surface area contributed by atoms with Crippen LogP contribution in [0.1, 0.15) is 23.4 Å². The van der Waals surface area contributed by atoms with Gasteiger partial charge in [0.1, 0.15) is 5.76 Å². The average molecular weight is 297 g/mol. The second-order valence-electron chi connectivity index (χ2n) is 5.35. The van der Waals surface area contributed by atoms with E-state index in [0.717, 1.165) is 48.8 Å². The van der Waals surface area contributed by atoms with Crippen LogP contribution in [-0.2, 0) is 10.5 Å². The number of aromatic nitrogens is 1. The number of hydrogen-bond donors (Lipinski definition) is 1. The normalized spacial score (nSPS) is 18.8. The molecule has 1 saturated heterocycles. The molecule has 1 unspecified atom stereocenters. The van der Waals surface area contributed by atoms with Crippen molar-refractivity contribution < 1.29 is 9.32 Å². The first-order valence-electron chi connectivity index (χ1n) is 7.03. The molecule has 0 radical (unpaired) electrons. The number of hydrogen-bond acceptors (Lipinski definition) is 5. The number of carbonyl (C=O) groups excluding carboxylic acids is 1. The number of nitrogens with zero attached hydrogens (tertiary/aromatic N) is 2. The maximum absolute atomic E-state index is 12.1. The summed E-state index contributed by atoms with van der Waals surface area (Å²) in [5.74, 6) is 3.05. The Labute approximate surface area is 124 Å². The Balaban J connectivity index is 1.73. The van der Waals surface area contributed by atoms with Crippen LogP contribution in [0.2, 0.25) is 0 Å². The van der Waals surface area contributed by atoms with Gasteiger partial charge in [-0.05, 0) is 39.8 Å². The molecule has 2 rings (SSSR count). The molecule has 20 heavy (non-hydrogen) atoms. The van der Waals surface area contributed by atoms with E-state index in [1.807, 2.05) is 25.8 Å². The molecule has 1 atom stereocenters. The van der Waals surface area contributed by atoms with Crippen molar-refractivity contribution in [1.29, 1.82) is 0 Å². The predicted molar refractivity (Wildman–Crippen MR) is 80.8 cm³/mol. The van der Waals surface area contributed by atoms with E-state index in [1.54, 1.807) is 11.8 Å². The molecular weight excluding hydrogens is 274 g/mol. The van der Waals surface area contributed by atoms with Crippen LogP contribution in [0.3, 0.4) is 0 Å². The number of carbonyl (C=O) groups is 1. The van der Waals surface area contributed by atoms with Gasteiger partial charge in [0.05, 0.1) is 11.4 Å². The zero-order valence-corrected chi connectivity index (χ0v) is 13.3. The van der Waals surface area contributed by atoms with Gasteiger partial charge in [-0.3, -0.25) is 4.79 Å². The molecule has 1 aliphatic heterocycles. The van der Waals surface area contributed by atoms with Gasteiger partial charge in [-0.25, -0.2) is 0 Å². The summed E-state index contributed by atoms with van der Waals surface area (Å²) in [4.78, 5) is 14.1. The van der Waals surface area contributed by atoms with E-state index in [1.165, 1.54) is 0 Å². The van der Waals surface area contributed by atoms with Gasteiger partial charge in [0, 0.05) is 24.4 Å². The smallest absolute Gasteiger partial charge is 0.232 e. The maximum Gasteiger partial charge on any atom is 0.232 e. The van der Waals surface area contributed by atoms with Gasteiger partial charge in [-0.2, -0.15) is 0 Å². The van der Waals surface area contributed by atoms with E-state index in [-0.39, 0.29) is 5.91 Å². The highest BCUT2D eigenvalue weighted by molar-refractivity contribution is 7.99. The zero-order chi connectivity index (χ0) is 14.5. The summed E-state index contributed by atoms with van der Waals surface area (Å²) < 4.78 is 5.13. The standard InChI is InChI=1S/C14H23N3O2S/c1-10-13(11(2)19-16-10)8-20-9-14(18)17-5-4-12(7-17)6-15-3/h12,15H,4-9H2,1-3H3. The first-order chi connectivity index (χ1) is 9.61. The van der Waals surface area contributed by atoms with Gasteiger partial charge >= 0.3 is 0 Å². The highest BCUT2D eigenvalue weighted by Crippen LogP contribution is 2.21. The molecule has 0 aliphatic carbocycles. The Morgan fingerprint density at radius 3 is 3.00 bits per heavy atom. The van der Waals surface area contributed by atoms with Gasteiger partial charge in [-0.1, -0.05) is 5.16 Å². The minimum atomic E-state index is 0.250. The molecule has 5 nitrogen and oxygen atoms in total. The van der Waals surface area contributed by atoms with E-state index in [4.69, 9.17) is 4.52 Å². The van der Waals surface area contributed by atoms with Crippen molar-refractivity contribution in [2.45, 2.75) is 26.0 Å². The lowest BCUT2D eigenvalue weighted by Crippen LogP contribution is -2.31. The van der Waals surface area contributed by atoms with Crippen LogP contribution < -0.4 is 5.32 Å². The van der Waals surface area contributed by atoms with Crippen LogP contribution in [0.25, 0.3) is 0 Å².